The second-order valence-electron chi connectivity index (χ2n) is 3.55. The minimum atomic E-state index is 0.496. The Bertz CT molecular complexity index is 513. The maximum atomic E-state index is 8.52. The fourth-order valence-electron chi connectivity index (χ4n) is 1.48. The first-order chi connectivity index (χ1) is 8.29. The molecular weight excluding hydrogens is 216 g/mol. The van der Waals surface area contributed by atoms with Crippen LogP contribution in [0.3, 0.4) is 0 Å². The molecule has 0 saturated carbocycles. The Morgan fingerprint density at radius 2 is 2.41 bits per heavy atom. The maximum Gasteiger partial charge on any atom is 0.182 e. The Morgan fingerprint density at radius 3 is 3.12 bits per heavy atom. The maximum absolute atomic E-state index is 8.52. The van der Waals surface area contributed by atoms with Crippen LogP contribution in [-0.2, 0) is 6.54 Å². The summed E-state index contributed by atoms with van der Waals surface area (Å²) in [5.74, 6) is 1.25. The van der Waals surface area contributed by atoms with Crippen molar-refractivity contribution >= 4 is 11.6 Å². The molecule has 0 radical (unpaired) electrons. The summed E-state index contributed by atoms with van der Waals surface area (Å²) in [5.41, 5.74) is 1.10. The van der Waals surface area contributed by atoms with E-state index in [0.717, 1.165) is 18.1 Å². The predicted octanol–water partition coefficient (Wildman–Crippen LogP) is 1.33. The van der Waals surface area contributed by atoms with Gasteiger partial charge in [-0.15, -0.1) is 0 Å². The van der Waals surface area contributed by atoms with Gasteiger partial charge in [0.1, 0.15) is 18.0 Å². The van der Waals surface area contributed by atoms with Gasteiger partial charge in [0.05, 0.1) is 6.54 Å². The summed E-state index contributed by atoms with van der Waals surface area (Å²) >= 11 is 0. The van der Waals surface area contributed by atoms with Crippen molar-refractivity contribution in [2.24, 2.45) is 0 Å². The van der Waals surface area contributed by atoms with E-state index in [9.17, 15) is 0 Å². The van der Waals surface area contributed by atoms with E-state index < -0.39 is 0 Å². The van der Waals surface area contributed by atoms with Crippen LogP contribution in [0.1, 0.15) is 5.69 Å². The third-order valence-corrected chi connectivity index (χ3v) is 2.30. The minimum Gasteiger partial charge on any atom is -0.364 e. The number of hydrogen-bond donors (Lipinski definition) is 2. The summed E-state index contributed by atoms with van der Waals surface area (Å²) in [6, 6.07) is 5.68. The number of aromatic amines is 1. The van der Waals surface area contributed by atoms with Gasteiger partial charge < -0.3 is 9.88 Å². The van der Waals surface area contributed by atoms with Crippen molar-refractivity contribution in [2.45, 2.75) is 6.54 Å². The smallest absolute Gasteiger partial charge is 0.182 e. The Morgan fingerprint density at radius 1 is 1.53 bits per heavy atom. The molecule has 0 bridgehead atoms. The van der Waals surface area contributed by atoms with Crippen molar-refractivity contribution in [2.75, 3.05) is 17.3 Å². The van der Waals surface area contributed by atoms with Crippen molar-refractivity contribution in [3.05, 3.63) is 36.4 Å². The van der Waals surface area contributed by atoms with Crippen molar-refractivity contribution < 1.29 is 0 Å². The summed E-state index contributed by atoms with van der Waals surface area (Å²) in [4.78, 5) is 13.2. The van der Waals surface area contributed by atoms with Gasteiger partial charge in [-0.2, -0.15) is 5.26 Å². The van der Waals surface area contributed by atoms with E-state index in [1.54, 1.807) is 6.07 Å². The van der Waals surface area contributed by atoms with E-state index in [1.807, 2.05) is 36.5 Å². The first kappa shape index (κ1) is 11.0. The average Bonchev–Trinajstić information content (AvgIpc) is 2.83. The van der Waals surface area contributed by atoms with Crippen molar-refractivity contribution in [1.29, 1.82) is 5.26 Å². The van der Waals surface area contributed by atoms with Gasteiger partial charge in [0, 0.05) is 25.0 Å². The molecule has 0 unspecified atom stereocenters. The van der Waals surface area contributed by atoms with E-state index in [2.05, 4.69) is 20.3 Å². The van der Waals surface area contributed by atoms with Crippen LogP contribution in [0, 0.1) is 11.5 Å². The first-order valence-corrected chi connectivity index (χ1v) is 5.10. The third-order valence-electron chi connectivity index (χ3n) is 2.30. The Kier molecular flexibility index (Phi) is 3.21. The molecule has 2 heterocycles. The van der Waals surface area contributed by atoms with Gasteiger partial charge in [0.2, 0.25) is 0 Å². The Labute approximate surface area is 98.9 Å². The Hall–Kier alpha value is -2.55. The van der Waals surface area contributed by atoms with E-state index in [-0.39, 0.29) is 0 Å². The number of anilines is 2. The molecule has 2 N–H and O–H groups in total. The quantitative estimate of drug-likeness (QED) is 0.609. The van der Waals surface area contributed by atoms with Crippen LogP contribution in [0.5, 0.6) is 0 Å². The molecule has 0 aliphatic heterocycles. The van der Waals surface area contributed by atoms with E-state index in [1.165, 1.54) is 6.33 Å². The lowest BCUT2D eigenvalue weighted by atomic mass is 10.4. The van der Waals surface area contributed by atoms with Gasteiger partial charge >= 0.3 is 0 Å². The highest BCUT2D eigenvalue weighted by atomic mass is 15.2. The molecular formula is C11H12N6. The van der Waals surface area contributed by atoms with Crippen LogP contribution in [-0.4, -0.2) is 22.0 Å². The zero-order valence-electron chi connectivity index (χ0n) is 9.38. The largest absolute Gasteiger partial charge is 0.364 e. The second-order valence-corrected chi connectivity index (χ2v) is 3.55. The molecule has 6 heteroatoms. The average molecular weight is 228 g/mol. The highest BCUT2D eigenvalue weighted by Crippen LogP contribution is 2.14. The zero-order chi connectivity index (χ0) is 12.1. The summed E-state index contributed by atoms with van der Waals surface area (Å²) in [5, 5.41) is 11.0. The number of nitrogens with one attached hydrogen (secondary N) is 2. The highest BCUT2D eigenvalue weighted by Gasteiger charge is 2.05. The number of H-pyrrole nitrogens is 1. The summed E-state index contributed by atoms with van der Waals surface area (Å²) in [6.45, 7) is 0.718. The van der Waals surface area contributed by atoms with Crippen molar-refractivity contribution in [3.63, 3.8) is 0 Å². The topological polar surface area (TPSA) is 80.6 Å². The molecule has 2 aromatic rings. The highest BCUT2D eigenvalue weighted by molar-refractivity contribution is 5.49. The molecule has 0 aromatic carbocycles. The number of nitrogens with zero attached hydrogens (tertiary/aromatic N) is 4. The van der Waals surface area contributed by atoms with Gasteiger partial charge in [-0.05, 0) is 12.1 Å². The van der Waals surface area contributed by atoms with Crippen molar-refractivity contribution in [3.8, 4) is 6.19 Å². The van der Waals surface area contributed by atoms with Gasteiger partial charge in [-0.1, -0.05) is 0 Å². The third kappa shape index (κ3) is 2.72. The summed E-state index contributed by atoms with van der Waals surface area (Å²) in [7, 11) is 1.93. The van der Waals surface area contributed by atoms with Crippen LogP contribution < -0.4 is 10.2 Å². The molecule has 6 nitrogen and oxygen atoms in total. The summed E-state index contributed by atoms with van der Waals surface area (Å²) in [6.07, 6.45) is 5.14. The number of nitriles is 1. The van der Waals surface area contributed by atoms with Crippen LogP contribution >= 0.6 is 0 Å². The molecule has 0 aliphatic carbocycles. The van der Waals surface area contributed by atoms with Crippen molar-refractivity contribution in [1.82, 2.24) is 15.0 Å². The molecule has 0 aliphatic rings. The number of rotatable bonds is 4. The molecule has 0 saturated heterocycles. The molecule has 0 fully saturated rings. The molecule has 17 heavy (non-hydrogen) atoms. The van der Waals surface area contributed by atoms with Gasteiger partial charge in [-0.25, -0.2) is 9.97 Å². The van der Waals surface area contributed by atoms with Gasteiger partial charge in [-0.3, -0.25) is 5.32 Å². The molecule has 0 amide bonds. The predicted molar refractivity (Wildman–Crippen MR) is 64.2 cm³/mol. The zero-order valence-corrected chi connectivity index (χ0v) is 9.38. The fraction of sp³-hybridized carbons (Fsp3) is 0.182. The molecule has 0 spiro atoms. The van der Waals surface area contributed by atoms with Crippen LogP contribution in [0.25, 0.3) is 0 Å². The molecule has 2 aromatic heterocycles. The van der Waals surface area contributed by atoms with Crippen LogP contribution in [0.2, 0.25) is 0 Å². The Balaban J connectivity index is 2.11. The lowest BCUT2D eigenvalue weighted by molar-refractivity contribution is 0.869. The lowest BCUT2D eigenvalue weighted by Crippen LogP contribution is -2.18. The first-order valence-electron chi connectivity index (χ1n) is 5.10. The fourth-order valence-corrected chi connectivity index (χ4v) is 1.48. The minimum absolute atomic E-state index is 0.496. The molecule has 86 valence electrons. The number of aromatic nitrogens is 3. The van der Waals surface area contributed by atoms with Crippen LogP contribution in [0.4, 0.5) is 11.6 Å². The second kappa shape index (κ2) is 4.99. The monoisotopic (exact) mass is 228 g/mol. The summed E-state index contributed by atoms with van der Waals surface area (Å²) < 4.78 is 0. The SMILES string of the molecule is CN(Cc1ccc[nH]1)c1cc(NC#N)ncn1. The van der Waals surface area contributed by atoms with Gasteiger partial charge in [0.15, 0.2) is 6.19 Å². The molecule has 2 rings (SSSR count). The van der Waals surface area contributed by atoms with E-state index >= 15 is 0 Å². The van der Waals surface area contributed by atoms with E-state index in [4.69, 9.17) is 5.26 Å². The van der Waals surface area contributed by atoms with Gasteiger partial charge in [0.25, 0.3) is 0 Å². The lowest BCUT2D eigenvalue weighted by Gasteiger charge is -2.17. The van der Waals surface area contributed by atoms with Crippen LogP contribution in [0.15, 0.2) is 30.7 Å². The van der Waals surface area contributed by atoms with E-state index in [0.29, 0.717) is 5.82 Å². The number of hydrogen-bond acceptors (Lipinski definition) is 5. The normalized spacial score (nSPS) is 9.65. The standard InChI is InChI=1S/C11H12N6/c1-17(6-9-3-2-4-13-9)11-5-10(14-7-12)15-8-16-11/h2-5,8,13H,6H2,1H3,(H,14,15,16). The molecule has 0 atom stereocenters.